The topological polar surface area (TPSA) is 66.4 Å². The van der Waals surface area contributed by atoms with Crippen LogP contribution in [-0.4, -0.2) is 23.5 Å². The van der Waals surface area contributed by atoms with E-state index in [1.54, 1.807) is 0 Å². The second-order valence-corrected chi connectivity index (χ2v) is 7.18. The maximum Gasteiger partial charge on any atom is 0.303 e. The van der Waals surface area contributed by atoms with Gasteiger partial charge in [0.2, 0.25) is 5.91 Å². The molecule has 0 aromatic carbocycles. The largest absolute Gasteiger partial charge is 0.481 e. The summed E-state index contributed by atoms with van der Waals surface area (Å²) in [7, 11) is 0. The average Bonchev–Trinajstić information content (AvgIpc) is 2.62. The molecule has 0 saturated heterocycles. The van der Waals surface area contributed by atoms with Crippen molar-refractivity contribution >= 4 is 11.9 Å². The molecule has 1 amide bonds. The van der Waals surface area contributed by atoms with Gasteiger partial charge in [-0.3, -0.25) is 9.59 Å². The molecule has 0 fully saturated rings. The molecular formula is C22H41NO3. The first kappa shape index (κ1) is 24.7. The Balaban J connectivity index is 3.18. The van der Waals surface area contributed by atoms with Gasteiger partial charge in [-0.1, -0.05) is 76.9 Å². The zero-order valence-corrected chi connectivity index (χ0v) is 16.9. The Morgan fingerprint density at radius 2 is 1.23 bits per heavy atom. The van der Waals surface area contributed by atoms with Crippen LogP contribution in [0.25, 0.3) is 0 Å². The molecule has 26 heavy (non-hydrogen) atoms. The number of hydrogen-bond acceptors (Lipinski definition) is 2. The Hall–Kier alpha value is -1.32. The lowest BCUT2D eigenvalue weighted by Crippen LogP contribution is -2.24. The van der Waals surface area contributed by atoms with Crippen molar-refractivity contribution in [2.24, 2.45) is 0 Å². The number of carbonyl (C=O) groups is 2. The van der Waals surface area contributed by atoms with E-state index in [2.05, 4.69) is 24.4 Å². The van der Waals surface area contributed by atoms with Gasteiger partial charge in [-0.2, -0.15) is 0 Å². The summed E-state index contributed by atoms with van der Waals surface area (Å²) in [5.41, 5.74) is 0. The smallest absolute Gasteiger partial charge is 0.303 e. The Bertz CT molecular complexity index is 366. The van der Waals surface area contributed by atoms with E-state index >= 15 is 0 Å². The lowest BCUT2D eigenvalue weighted by molar-refractivity contribution is -0.138. The fourth-order valence-corrected chi connectivity index (χ4v) is 2.91. The normalized spacial score (nSPS) is 11.1. The summed E-state index contributed by atoms with van der Waals surface area (Å²) in [5.74, 6) is -1.07. The van der Waals surface area contributed by atoms with Crippen LogP contribution in [0.3, 0.4) is 0 Å². The number of allylic oxidation sites excluding steroid dienone is 2. The third-order valence-electron chi connectivity index (χ3n) is 4.58. The second kappa shape index (κ2) is 20.0. The summed E-state index contributed by atoms with van der Waals surface area (Å²) in [6, 6.07) is 0. The van der Waals surface area contributed by atoms with Gasteiger partial charge in [0.1, 0.15) is 0 Å². The van der Waals surface area contributed by atoms with Crippen LogP contribution in [0.2, 0.25) is 0 Å². The number of aliphatic carboxylic acids is 1. The highest BCUT2D eigenvalue weighted by Crippen LogP contribution is 2.09. The van der Waals surface area contributed by atoms with Gasteiger partial charge in [-0.15, -0.1) is 0 Å². The van der Waals surface area contributed by atoms with E-state index in [0.717, 1.165) is 12.8 Å². The lowest BCUT2D eigenvalue weighted by atomic mass is 10.1. The van der Waals surface area contributed by atoms with Gasteiger partial charge in [-0.05, 0) is 32.1 Å². The van der Waals surface area contributed by atoms with E-state index in [0.29, 0.717) is 6.54 Å². The summed E-state index contributed by atoms with van der Waals surface area (Å²) < 4.78 is 0. The molecule has 0 unspecified atom stereocenters. The van der Waals surface area contributed by atoms with Crippen LogP contribution in [0.1, 0.15) is 110 Å². The van der Waals surface area contributed by atoms with Gasteiger partial charge in [0, 0.05) is 13.0 Å². The fraction of sp³-hybridized carbons (Fsp3) is 0.818. The molecule has 0 spiro atoms. The number of rotatable bonds is 19. The van der Waals surface area contributed by atoms with Gasteiger partial charge >= 0.3 is 5.97 Å². The highest BCUT2D eigenvalue weighted by Gasteiger charge is 2.03. The van der Waals surface area contributed by atoms with Crippen LogP contribution in [0.4, 0.5) is 0 Å². The third-order valence-corrected chi connectivity index (χ3v) is 4.58. The van der Waals surface area contributed by atoms with Crippen molar-refractivity contribution in [2.75, 3.05) is 6.54 Å². The number of hydrogen-bond donors (Lipinski definition) is 2. The Kier molecular flexibility index (Phi) is 19.0. The van der Waals surface area contributed by atoms with E-state index < -0.39 is 5.97 Å². The van der Waals surface area contributed by atoms with E-state index in [1.807, 2.05) is 0 Å². The Morgan fingerprint density at radius 3 is 1.77 bits per heavy atom. The highest BCUT2D eigenvalue weighted by molar-refractivity contribution is 5.80. The lowest BCUT2D eigenvalue weighted by Gasteiger charge is -2.04. The molecule has 4 heteroatoms. The van der Waals surface area contributed by atoms with Crippen LogP contribution < -0.4 is 5.32 Å². The Morgan fingerprint density at radius 1 is 0.731 bits per heavy atom. The zero-order chi connectivity index (χ0) is 19.3. The summed E-state index contributed by atoms with van der Waals surface area (Å²) in [5, 5.41) is 11.3. The van der Waals surface area contributed by atoms with Crippen LogP contribution in [0.15, 0.2) is 12.2 Å². The first-order valence-electron chi connectivity index (χ1n) is 10.8. The molecule has 0 bridgehead atoms. The molecule has 0 aliphatic carbocycles. The van der Waals surface area contributed by atoms with Crippen molar-refractivity contribution in [3.8, 4) is 0 Å². The minimum atomic E-state index is -0.919. The molecule has 0 saturated carbocycles. The first-order chi connectivity index (χ1) is 12.7. The van der Waals surface area contributed by atoms with E-state index in [-0.39, 0.29) is 18.7 Å². The molecule has 0 radical (unpaired) electrons. The van der Waals surface area contributed by atoms with Crippen molar-refractivity contribution in [3.63, 3.8) is 0 Å². The number of carboxylic acids is 1. The number of carboxylic acid groups (broad SMARTS) is 1. The third kappa shape index (κ3) is 20.7. The molecule has 0 heterocycles. The van der Waals surface area contributed by atoms with Gasteiger partial charge in [0.15, 0.2) is 0 Å². The standard InChI is InChI=1S/C22H41NO3/c1-2-3-4-5-6-7-8-9-10-11-12-13-14-15-16-17-20-23-21(24)18-19-22(25)26/h9-10H,2-8,11-20H2,1H3,(H,23,24)(H,25,26)/b10-9-. The van der Waals surface area contributed by atoms with Crippen molar-refractivity contribution in [1.82, 2.24) is 5.32 Å². The molecular weight excluding hydrogens is 326 g/mol. The van der Waals surface area contributed by atoms with Gasteiger partial charge < -0.3 is 10.4 Å². The van der Waals surface area contributed by atoms with Gasteiger partial charge in [0.05, 0.1) is 6.42 Å². The molecule has 0 rings (SSSR count). The quantitative estimate of drug-likeness (QED) is 0.217. The van der Waals surface area contributed by atoms with Gasteiger partial charge in [0.25, 0.3) is 0 Å². The van der Waals surface area contributed by atoms with E-state index in [4.69, 9.17) is 5.11 Å². The maximum absolute atomic E-state index is 11.3. The molecule has 0 aliphatic heterocycles. The predicted molar refractivity (Wildman–Crippen MR) is 109 cm³/mol. The number of unbranched alkanes of at least 4 members (excludes halogenated alkanes) is 12. The van der Waals surface area contributed by atoms with Crippen LogP contribution in [-0.2, 0) is 9.59 Å². The van der Waals surface area contributed by atoms with Crippen molar-refractivity contribution in [3.05, 3.63) is 12.2 Å². The van der Waals surface area contributed by atoms with Crippen LogP contribution >= 0.6 is 0 Å². The highest BCUT2D eigenvalue weighted by atomic mass is 16.4. The van der Waals surface area contributed by atoms with Crippen molar-refractivity contribution < 1.29 is 14.7 Å². The summed E-state index contributed by atoms with van der Waals surface area (Å²) in [4.78, 5) is 21.7. The predicted octanol–water partition coefficient (Wildman–Crippen LogP) is 6.00. The molecule has 0 atom stereocenters. The monoisotopic (exact) mass is 367 g/mol. The van der Waals surface area contributed by atoms with Crippen molar-refractivity contribution in [1.29, 1.82) is 0 Å². The molecule has 152 valence electrons. The zero-order valence-electron chi connectivity index (χ0n) is 16.9. The van der Waals surface area contributed by atoms with E-state index in [1.165, 1.54) is 77.0 Å². The Labute approximate surface area is 160 Å². The van der Waals surface area contributed by atoms with E-state index in [9.17, 15) is 9.59 Å². The first-order valence-corrected chi connectivity index (χ1v) is 10.8. The summed E-state index contributed by atoms with van der Waals surface area (Å²) in [6.45, 7) is 2.93. The fourth-order valence-electron chi connectivity index (χ4n) is 2.91. The minimum Gasteiger partial charge on any atom is -0.481 e. The van der Waals surface area contributed by atoms with Crippen LogP contribution in [0, 0.1) is 0 Å². The molecule has 0 aliphatic rings. The summed E-state index contributed by atoms with van der Waals surface area (Å²) in [6.07, 6.45) is 22.5. The second-order valence-electron chi connectivity index (χ2n) is 7.18. The van der Waals surface area contributed by atoms with Crippen LogP contribution in [0.5, 0.6) is 0 Å². The molecule has 0 aromatic heterocycles. The van der Waals surface area contributed by atoms with Crippen molar-refractivity contribution in [2.45, 2.75) is 110 Å². The SMILES string of the molecule is CCCCCCCC/C=C\CCCCCCCCNC(=O)CCC(=O)O. The number of carbonyl (C=O) groups excluding carboxylic acids is 1. The molecule has 2 N–H and O–H groups in total. The average molecular weight is 368 g/mol. The summed E-state index contributed by atoms with van der Waals surface area (Å²) >= 11 is 0. The number of nitrogens with one attached hydrogen (secondary N) is 1. The minimum absolute atomic E-state index is 0.0841. The molecule has 4 nitrogen and oxygen atoms in total. The number of amides is 1. The van der Waals surface area contributed by atoms with Gasteiger partial charge in [-0.25, -0.2) is 0 Å². The molecule has 0 aromatic rings. The maximum atomic E-state index is 11.3.